The number of hydrogen-bond acceptors (Lipinski definition) is 5. The quantitative estimate of drug-likeness (QED) is 0.845. The summed E-state index contributed by atoms with van der Waals surface area (Å²) in [6.45, 7) is 7.86. The number of carbonyl (C=O) groups is 1. The van der Waals surface area contributed by atoms with Crippen LogP contribution in [-0.4, -0.2) is 48.0 Å². The Hall–Kier alpha value is -2.47. The summed E-state index contributed by atoms with van der Waals surface area (Å²) in [5.41, 5.74) is 2.52. The highest BCUT2D eigenvalue weighted by atomic mass is 16.1. The summed E-state index contributed by atoms with van der Waals surface area (Å²) in [4.78, 5) is 22.6. The highest BCUT2D eigenvalue weighted by Gasteiger charge is 2.17. The predicted molar refractivity (Wildman–Crippen MR) is 101 cm³/mol. The second kappa shape index (κ2) is 8.07. The maximum Gasteiger partial charge on any atom is 0.271 e. The largest absolute Gasteiger partial charge is 0.349 e. The zero-order chi connectivity index (χ0) is 18.4. The molecule has 0 aliphatic rings. The first kappa shape index (κ1) is 18.9. The molecule has 0 aliphatic heterocycles. The van der Waals surface area contributed by atoms with E-state index in [2.05, 4.69) is 47.4 Å². The van der Waals surface area contributed by atoms with Crippen LogP contribution in [0.5, 0.6) is 0 Å². The number of benzene rings is 1. The molecule has 0 unspecified atom stereocenters. The molecule has 1 heterocycles. The van der Waals surface area contributed by atoms with Gasteiger partial charge in [-0.3, -0.25) is 4.79 Å². The molecule has 1 amide bonds. The standard InChI is InChI=1S/C19H27N5O/c1-19(2,3)14-8-6-7-9-15(14)23-17-13-21-16(12-22-17)18(25)20-10-11-24(4)5/h6-9,12-13H,10-11H2,1-5H3,(H,20,25)(H,22,23). The molecule has 6 nitrogen and oxygen atoms in total. The lowest BCUT2D eigenvalue weighted by Crippen LogP contribution is -2.31. The van der Waals surface area contributed by atoms with Gasteiger partial charge in [-0.05, 0) is 31.1 Å². The molecule has 1 aromatic heterocycles. The number of nitrogens with zero attached hydrogens (tertiary/aromatic N) is 3. The van der Waals surface area contributed by atoms with E-state index >= 15 is 0 Å². The lowest BCUT2D eigenvalue weighted by Gasteiger charge is -2.23. The van der Waals surface area contributed by atoms with Crippen LogP contribution in [0.4, 0.5) is 11.5 Å². The molecule has 25 heavy (non-hydrogen) atoms. The smallest absolute Gasteiger partial charge is 0.271 e. The van der Waals surface area contributed by atoms with Crippen molar-refractivity contribution in [2.24, 2.45) is 0 Å². The van der Waals surface area contributed by atoms with Crippen LogP contribution < -0.4 is 10.6 Å². The predicted octanol–water partition coefficient (Wildman–Crippen LogP) is 2.81. The normalized spacial score (nSPS) is 11.4. The van der Waals surface area contributed by atoms with Gasteiger partial charge in [-0.15, -0.1) is 0 Å². The van der Waals surface area contributed by atoms with Crippen LogP contribution >= 0.6 is 0 Å². The number of rotatable bonds is 6. The Morgan fingerprint density at radius 3 is 2.44 bits per heavy atom. The molecule has 0 saturated carbocycles. The monoisotopic (exact) mass is 341 g/mol. The number of carbonyl (C=O) groups excluding carboxylic acids is 1. The second-order valence-corrected chi connectivity index (χ2v) is 7.27. The molecule has 0 radical (unpaired) electrons. The van der Waals surface area contributed by atoms with Crippen LogP contribution in [0, 0.1) is 0 Å². The lowest BCUT2D eigenvalue weighted by molar-refractivity contribution is 0.0945. The molecular formula is C19H27N5O. The third kappa shape index (κ3) is 5.53. The Kier molecular flexibility index (Phi) is 6.09. The maximum absolute atomic E-state index is 12.0. The maximum atomic E-state index is 12.0. The molecule has 6 heteroatoms. The number of para-hydroxylation sites is 1. The van der Waals surface area contributed by atoms with Crippen LogP contribution in [0.25, 0.3) is 0 Å². The van der Waals surface area contributed by atoms with Crippen molar-refractivity contribution in [1.29, 1.82) is 0 Å². The van der Waals surface area contributed by atoms with Crippen molar-refractivity contribution >= 4 is 17.4 Å². The summed E-state index contributed by atoms with van der Waals surface area (Å²) in [7, 11) is 3.92. The van der Waals surface area contributed by atoms with Crippen molar-refractivity contribution in [1.82, 2.24) is 20.2 Å². The first-order chi connectivity index (χ1) is 11.8. The van der Waals surface area contributed by atoms with E-state index in [9.17, 15) is 4.79 Å². The van der Waals surface area contributed by atoms with Gasteiger partial charge in [-0.25, -0.2) is 9.97 Å². The second-order valence-electron chi connectivity index (χ2n) is 7.27. The fraction of sp³-hybridized carbons (Fsp3) is 0.421. The fourth-order valence-electron chi connectivity index (χ4n) is 2.38. The molecule has 0 bridgehead atoms. The van der Waals surface area contributed by atoms with Crippen LogP contribution in [0.2, 0.25) is 0 Å². The summed E-state index contributed by atoms with van der Waals surface area (Å²) in [5, 5.41) is 6.12. The first-order valence-corrected chi connectivity index (χ1v) is 8.39. The van der Waals surface area contributed by atoms with Gasteiger partial charge in [0.1, 0.15) is 11.5 Å². The summed E-state index contributed by atoms with van der Waals surface area (Å²) in [6, 6.07) is 8.13. The van der Waals surface area contributed by atoms with Gasteiger partial charge in [-0.2, -0.15) is 0 Å². The van der Waals surface area contributed by atoms with Gasteiger partial charge < -0.3 is 15.5 Å². The molecule has 2 aromatic rings. The number of aromatic nitrogens is 2. The number of likely N-dealkylation sites (N-methyl/N-ethyl adjacent to an activating group) is 1. The van der Waals surface area contributed by atoms with Gasteiger partial charge in [0.2, 0.25) is 0 Å². The number of anilines is 2. The van der Waals surface area contributed by atoms with Crippen molar-refractivity contribution in [2.45, 2.75) is 26.2 Å². The van der Waals surface area contributed by atoms with Gasteiger partial charge in [0.25, 0.3) is 5.91 Å². The van der Waals surface area contributed by atoms with Gasteiger partial charge in [0.05, 0.1) is 12.4 Å². The van der Waals surface area contributed by atoms with Crippen LogP contribution in [0.1, 0.15) is 36.8 Å². The highest BCUT2D eigenvalue weighted by Crippen LogP contribution is 2.30. The van der Waals surface area contributed by atoms with Gasteiger partial charge in [-0.1, -0.05) is 39.0 Å². The Morgan fingerprint density at radius 1 is 1.12 bits per heavy atom. The average Bonchev–Trinajstić information content (AvgIpc) is 2.54. The molecule has 134 valence electrons. The molecule has 0 fully saturated rings. The Bertz CT molecular complexity index is 704. The molecule has 0 atom stereocenters. The van der Waals surface area contributed by atoms with E-state index in [1.54, 1.807) is 6.20 Å². The van der Waals surface area contributed by atoms with Crippen LogP contribution in [-0.2, 0) is 5.41 Å². The minimum atomic E-state index is -0.212. The number of nitrogens with one attached hydrogen (secondary N) is 2. The average molecular weight is 341 g/mol. The highest BCUT2D eigenvalue weighted by molar-refractivity contribution is 5.92. The van der Waals surface area contributed by atoms with E-state index in [0.29, 0.717) is 18.1 Å². The van der Waals surface area contributed by atoms with Crippen molar-refractivity contribution in [3.05, 3.63) is 47.9 Å². The van der Waals surface area contributed by atoms with E-state index < -0.39 is 0 Å². The van der Waals surface area contributed by atoms with E-state index in [1.807, 2.05) is 37.2 Å². The zero-order valence-electron chi connectivity index (χ0n) is 15.6. The van der Waals surface area contributed by atoms with Crippen molar-refractivity contribution in [3.8, 4) is 0 Å². The minimum Gasteiger partial charge on any atom is -0.349 e. The van der Waals surface area contributed by atoms with E-state index in [0.717, 1.165) is 12.2 Å². The van der Waals surface area contributed by atoms with E-state index in [1.165, 1.54) is 11.8 Å². The lowest BCUT2D eigenvalue weighted by atomic mass is 9.86. The summed E-state index contributed by atoms with van der Waals surface area (Å²) < 4.78 is 0. The molecular weight excluding hydrogens is 314 g/mol. The summed E-state index contributed by atoms with van der Waals surface area (Å²) in [5.74, 6) is 0.400. The minimum absolute atomic E-state index is 0.0171. The van der Waals surface area contributed by atoms with Gasteiger partial charge in [0.15, 0.2) is 0 Å². The number of amides is 1. The first-order valence-electron chi connectivity index (χ1n) is 8.39. The van der Waals surface area contributed by atoms with E-state index in [-0.39, 0.29) is 11.3 Å². The zero-order valence-corrected chi connectivity index (χ0v) is 15.6. The van der Waals surface area contributed by atoms with Crippen molar-refractivity contribution < 1.29 is 4.79 Å². The SMILES string of the molecule is CN(C)CCNC(=O)c1cnc(Nc2ccccc2C(C)(C)C)cn1. The van der Waals surface area contributed by atoms with Gasteiger partial charge in [0, 0.05) is 18.8 Å². The van der Waals surface area contributed by atoms with Crippen LogP contribution in [0.15, 0.2) is 36.7 Å². The summed E-state index contributed by atoms with van der Waals surface area (Å²) >= 11 is 0. The topological polar surface area (TPSA) is 70.2 Å². The number of hydrogen-bond donors (Lipinski definition) is 2. The third-order valence-corrected chi connectivity index (χ3v) is 3.73. The summed E-state index contributed by atoms with van der Waals surface area (Å²) in [6.07, 6.45) is 3.08. The molecule has 0 spiro atoms. The van der Waals surface area contributed by atoms with Crippen molar-refractivity contribution in [3.63, 3.8) is 0 Å². The van der Waals surface area contributed by atoms with Crippen LogP contribution in [0.3, 0.4) is 0 Å². The molecule has 1 aromatic carbocycles. The van der Waals surface area contributed by atoms with Crippen molar-refractivity contribution in [2.75, 3.05) is 32.5 Å². The fourth-order valence-corrected chi connectivity index (χ4v) is 2.38. The molecule has 2 rings (SSSR count). The molecule has 0 saturated heterocycles. The Labute approximate surface area is 149 Å². The Balaban J connectivity index is 2.05. The van der Waals surface area contributed by atoms with Gasteiger partial charge >= 0.3 is 0 Å². The Morgan fingerprint density at radius 2 is 1.84 bits per heavy atom. The molecule has 2 N–H and O–H groups in total. The van der Waals surface area contributed by atoms with E-state index in [4.69, 9.17) is 0 Å². The molecule has 0 aliphatic carbocycles. The third-order valence-electron chi connectivity index (χ3n) is 3.73.